The molecule has 4 nitrogen and oxygen atoms in total. The Balaban J connectivity index is 1.79. The zero-order chi connectivity index (χ0) is 12.1. The van der Waals surface area contributed by atoms with Gasteiger partial charge in [-0.3, -0.25) is 0 Å². The van der Waals surface area contributed by atoms with E-state index < -0.39 is 0 Å². The first-order valence-electron chi connectivity index (χ1n) is 6.66. The maximum atomic E-state index is 11.2. The van der Waals surface area contributed by atoms with E-state index in [0.717, 1.165) is 58.4 Å². The van der Waals surface area contributed by atoms with Gasteiger partial charge in [0.2, 0.25) is 0 Å². The van der Waals surface area contributed by atoms with E-state index in [-0.39, 0.29) is 5.41 Å². The lowest BCUT2D eigenvalue weighted by atomic mass is 9.88. The van der Waals surface area contributed by atoms with Crippen molar-refractivity contribution in [2.45, 2.75) is 32.3 Å². The molecule has 17 heavy (non-hydrogen) atoms. The molecular formula is C13H23NO3. The Labute approximate surface area is 103 Å². The van der Waals surface area contributed by atoms with Crippen molar-refractivity contribution < 1.29 is 14.3 Å². The first kappa shape index (κ1) is 13.0. The number of ether oxygens (including phenoxy) is 2. The normalized spacial score (nSPS) is 31.8. The number of likely N-dealkylation sites (tertiary alicyclic amines) is 1. The van der Waals surface area contributed by atoms with Crippen LogP contribution in [0.3, 0.4) is 0 Å². The van der Waals surface area contributed by atoms with Crippen LogP contribution in [0.15, 0.2) is 0 Å². The summed E-state index contributed by atoms with van der Waals surface area (Å²) in [5.41, 5.74) is -0.238. The summed E-state index contributed by atoms with van der Waals surface area (Å²) in [6, 6.07) is 0. The summed E-state index contributed by atoms with van der Waals surface area (Å²) in [6.45, 7) is 7.12. The third-order valence-corrected chi connectivity index (χ3v) is 3.86. The molecule has 98 valence electrons. The highest BCUT2D eigenvalue weighted by Crippen LogP contribution is 2.28. The number of hydrogen-bond donors (Lipinski definition) is 0. The second kappa shape index (κ2) is 5.94. The number of carbonyl (C=O) groups is 1. The summed E-state index contributed by atoms with van der Waals surface area (Å²) in [7, 11) is 0. The Morgan fingerprint density at radius 3 is 2.76 bits per heavy atom. The molecule has 2 fully saturated rings. The first-order valence-corrected chi connectivity index (χ1v) is 6.66. The van der Waals surface area contributed by atoms with Crippen molar-refractivity contribution in [3.05, 3.63) is 0 Å². The Hall–Kier alpha value is -0.450. The van der Waals surface area contributed by atoms with Crippen LogP contribution in [0.1, 0.15) is 26.2 Å². The van der Waals surface area contributed by atoms with Gasteiger partial charge in [-0.05, 0) is 26.2 Å². The van der Waals surface area contributed by atoms with Crippen LogP contribution in [0.4, 0.5) is 0 Å². The minimum absolute atomic E-state index is 0.238. The molecule has 1 atom stereocenters. The van der Waals surface area contributed by atoms with Crippen LogP contribution in [-0.2, 0) is 14.3 Å². The zero-order valence-corrected chi connectivity index (χ0v) is 10.7. The highest BCUT2D eigenvalue weighted by Gasteiger charge is 2.37. The predicted octanol–water partition coefficient (Wildman–Crippen LogP) is 1.09. The van der Waals surface area contributed by atoms with Gasteiger partial charge in [-0.2, -0.15) is 0 Å². The van der Waals surface area contributed by atoms with Crippen LogP contribution in [0, 0.1) is 5.41 Å². The molecule has 0 aromatic heterocycles. The topological polar surface area (TPSA) is 38.8 Å². The van der Waals surface area contributed by atoms with E-state index in [9.17, 15) is 4.79 Å². The van der Waals surface area contributed by atoms with Crippen LogP contribution in [0.25, 0.3) is 0 Å². The van der Waals surface area contributed by atoms with E-state index in [1.165, 1.54) is 0 Å². The average Bonchev–Trinajstić information content (AvgIpc) is 2.81. The lowest BCUT2D eigenvalue weighted by molar-refractivity contribution is -0.117. The molecule has 0 aromatic carbocycles. The fraction of sp³-hybridized carbons (Fsp3) is 0.923. The van der Waals surface area contributed by atoms with Crippen LogP contribution < -0.4 is 0 Å². The number of hydrogen-bond acceptors (Lipinski definition) is 4. The van der Waals surface area contributed by atoms with Crippen LogP contribution in [0.5, 0.6) is 0 Å². The van der Waals surface area contributed by atoms with Crippen molar-refractivity contribution in [3.8, 4) is 0 Å². The zero-order valence-electron chi connectivity index (χ0n) is 10.7. The molecule has 2 aliphatic rings. The average molecular weight is 241 g/mol. The van der Waals surface area contributed by atoms with Gasteiger partial charge in [-0.25, -0.2) is 0 Å². The third-order valence-electron chi connectivity index (χ3n) is 3.86. The SMILES string of the molecule is CCOC1CCN(CC2(C=O)CCOC2)CC1. The number of rotatable bonds is 5. The van der Waals surface area contributed by atoms with Gasteiger partial charge in [0.1, 0.15) is 6.29 Å². The van der Waals surface area contributed by atoms with Crippen molar-refractivity contribution >= 4 is 6.29 Å². The maximum absolute atomic E-state index is 11.2. The Kier molecular flexibility index (Phi) is 4.54. The van der Waals surface area contributed by atoms with Crippen molar-refractivity contribution in [3.63, 3.8) is 0 Å². The molecule has 2 saturated heterocycles. The number of piperidine rings is 1. The largest absolute Gasteiger partial charge is 0.380 e. The van der Waals surface area contributed by atoms with Crippen molar-refractivity contribution in [1.82, 2.24) is 4.90 Å². The molecule has 0 N–H and O–H groups in total. The van der Waals surface area contributed by atoms with Crippen molar-refractivity contribution in [2.75, 3.05) is 39.5 Å². The van der Waals surface area contributed by atoms with Gasteiger partial charge in [0.05, 0.1) is 18.1 Å². The molecule has 0 aromatic rings. The summed E-state index contributed by atoms with van der Waals surface area (Å²) in [5.74, 6) is 0. The molecule has 0 aliphatic carbocycles. The number of nitrogens with zero attached hydrogens (tertiary/aromatic N) is 1. The maximum Gasteiger partial charge on any atom is 0.129 e. The van der Waals surface area contributed by atoms with E-state index in [4.69, 9.17) is 9.47 Å². The fourth-order valence-corrected chi connectivity index (χ4v) is 2.79. The number of carbonyl (C=O) groups excluding carboxylic acids is 1. The summed E-state index contributed by atoms with van der Waals surface area (Å²) in [6.07, 6.45) is 4.58. The quantitative estimate of drug-likeness (QED) is 0.676. The molecule has 4 heteroatoms. The molecular weight excluding hydrogens is 218 g/mol. The van der Waals surface area contributed by atoms with Crippen molar-refractivity contribution in [1.29, 1.82) is 0 Å². The highest BCUT2D eigenvalue weighted by molar-refractivity contribution is 5.60. The van der Waals surface area contributed by atoms with Crippen molar-refractivity contribution in [2.24, 2.45) is 5.41 Å². The second-order valence-electron chi connectivity index (χ2n) is 5.21. The lowest BCUT2D eigenvalue weighted by Crippen LogP contribution is -2.44. The van der Waals surface area contributed by atoms with Gasteiger partial charge in [0.25, 0.3) is 0 Å². The van der Waals surface area contributed by atoms with E-state index in [1.54, 1.807) is 0 Å². The third kappa shape index (κ3) is 3.27. The molecule has 0 spiro atoms. The highest BCUT2D eigenvalue weighted by atomic mass is 16.5. The van der Waals surface area contributed by atoms with Gasteiger partial charge in [-0.15, -0.1) is 0 Å². The fourth-order valence-electron chi connectivity index (χ4n) is 2.79. The van der Waals surface area contributed by atoms with Gasteiger partial charge in [0.15, 0.2) is 0 Å². The predicted molar refractivity (Wildman–Crippen MR) is 65.0 cm³/mol. The lowest BCUT2D eigenvalue weighted by Gasteiger charge is -2.35. The van der Waals surface area contributed by atoms with E-state index >= 15 is 0 Å². The van der Waals surface area contributed by atoms with Crippen LogP contribution >= 0.6 is 0 Å². The molecule has 0 bridgehead atoms. The number of aldehydes is 1. The molecule has 0 radical (unpaired) electrons. The van der Waals surface area contributed by atoms with Crippen LogP contribution in [-0.4, -0.2) is 56.7 Å². The molecule has 2 aliphatic heterocycles. The van der Waals surface area contributed by atoms with E-state index in [0.29, 0.717) is 12.7 Å². The Morgan fingerprint density at radius 1 is 1.47 bits per heavy atom. The first-order chi connectivity index (χ1) is 8.28. The molecule has 1 unspecified atom stereocenters. The van der Waals surface area contributed by atoms with E-state index in [1.807, 2.05) is 6.92 Å². The summed E-state index contributed by atoms with van der Waals surface area (Å²) in [5, 5.41) is 0. The molecule has 0 saturated carbocycles. The summed E-state index contributed by atoms with van der Waals surface area (Å²) in [4.78, 5) is 13.6. The Bertz CT molecular complexity index is 243. The molecule has 2 rings (SSSR count). The van der Waals surface area contributed by atoms with Gasteiger partial charge in [-0.1, -0.05) is 0 Å². The molecule has 0 amide bonds. The van der Waals surface area contributed by atoms with Gasteiger partial charge >= 0.3 is 0 Å². The second-order valence-corrected chi connectivity index (χ2v) is 5.21. The monoisotopic (exact) mass is 241 g/mol. The van der Waals surface area contributed by atoms with Gasteiger partial charge < -0.3 is 19.2 Å². The Morgan fingerprint density at radius 2 is 2.24 bits per heavy atom. The van der Waals surface area contributed by atoms with Gasteiger partial charge in [0, 0.05) is 32.8 Å². The minimum Gasteiger partial charge on any atom is -0.380 e. The standard InChI is InChI=1S/C13H23NO3/c1-2-17-12-3-6-14(7-4-12)9-13(10-15)5-8-16-11-13/h10,12H,2-9,11H2,1H3. The molecule has 2 heterocycles. The van der Waals surface area contributed by atoms with E-state index in [2.05, 4.69) is 4.90 Å². The minimum atomic E-state index is -0.238. The van der Waals surface area contributed by atoms with Crippen LogP contribution in [0.2, 0.25) is 0 Å². The smallest absolute Gasteiger partial charge is 0.129 e. The summed E-state index contributed by atoms with van der Waals surface area (Å²) >= 11 is 0. The summed E-state index contributed by atoms with van der Waals surface area (Å²) < 4.78 is 11.0.